The van der Waals surface area contributed by atoms with E-state index in [1.165, 1.54) is 12.8 Å². The zero-order chi connectivity index (χ0) is 12.5. The minimum atomic E-state index is -0.374. The monoisotopic (exact) mass is 237 g/mol. The van der Waals surface area contributed by atoms with Gasteiger partial charge in [-0.25, -0.2) is 0 Å². The molecule has 1 aliphatic rings. The zero-order valence-electron chi connectivity index (χ0n) is 11.1. The van der Waals surface area contributed by atoms with E-state index in [0.29, 0.717) is 11.7 Å². The molecule has 4 heteroatoms. The van der Waals surface area contributed by atoms with E-state index in [4.69, 9.17) is 10.3 Å². The second kappa shape index (κ2) is 4.77. The summed E-state index contributed by atoms with van der Waals surface area (Å²) in [4.78, 5) is 4.31. The smallest absolute Gasteiger partial charge is 0.223 e. The van der Waals surface area contributed by atoms with Gasteiger partial charge >= 0.3 is 0 Å². The molecule has 1 fully saturated rings. The Labute approximate surface area is 103 Å². The van der Waals surface area contributed by atoms with Crippen LogP contribution in [-0.4, -0.2) is 10.1 Å². The topological polar surface area (TPSA) is 64.9 Å². The Hall–Kier alpha value is -0.900. The molecule has 2 rings (SSSR count). The van der Waals surface area contributed by atoms with Crippen LogP contribution >= 0.6 is 0 Å². The van der Waals surface area contributed by atoms with Crippen LogP contribution in [0.4, 0.5) is 0 Å². The van der Waals surface area contributed by atoms with Gasteiger partial charge in [0.1, 0.15) is 0 Å². The fraction of sp³-hybridized carbons (Fsp3) is 0.846. The van der Waals surface area contributed by atoms with Gasteiger partial charge in [0.05, 0.1) is 5.54 Å². The molecule has 1 aromatic rings. The van der Waals surface area contributed by atoms with Crippen molar-refractivity contribution in [1.82, 2.24) is 10.1 Å². The molecule has 1 aromatic heterocycles. The molecule has 0 spiro atoms. The van der Waals surface area contributed by atoms with Crippen molar-refractivity contribution in [2.45, 2.75) is 58.4 Å². The van der Waals surface area contributed by atoms with Crippen molar-refractivity contribution in [1.29, 1.82) is 0 Å². The Kier molecular flexibility index (Phi) is 3.52. The van der Waals surface area contributed by atoms with Gasteiger partial charge in [-0.3, -0.25) is 0 Å². The highest BCUT2D eigenvalue weighted by Crippen LogP contribution is 2.37. The highest BCUT2D eigenvalue weighted by Gasteiger charge is 2.35. The van der Waals surface area contributed by atoms with Gasteiger partial charge in [-0.2, -0.15) is 4.98 Å². The summed E-state index contributed by atoms with van der Waals surface area (Å²) in [5.41, 5.74) is 6.10. The molecule has 2 unspecified atom stereocenters. The van der Waals surface area contributed by atoms with E-state index in [-0.39, 0.29) is 5.54 Å². The third kappa shape index (κ3) is 2.68. The van der Waals surface area contributed by atoms with Crippen LogP contribution in [0.1, 0.15) is 57.7 Å². The third-order valence-corrected chi connectivity index (χ3v) is 4.07. The van der Waals surface area contributed by atoms with Gasteiger partial charge < -0.3 is 10.3 Å². The van der Waals surface area contributed by atoms with E-state index in [0.717, 1.165) is 31.1 Å². The highest BCUT2D eigenvalue weighted by atomic mass is 16.5. The van der Waals surface area contributed by atoms with Gasteiger partial charge in [-0.05, 0) is 31.1 Å². The zero-order valence-corrected chi connectivity index (χ0v) is 11.1. The molecule has 2 atom stereocenters. The van der Waals surface area contributed by atoms with E-state index >= 15 is 0 Å². The van der Waals surface area contributed by atoms with Crippen molar-refractivity contribution < 1.29 is 4.52 Å². The van der Waals surface area contributed by atoms with E-state index in [1.807, 2.05) is 6.92 Å². The maximum absolute atomic E-state index is 6.47. The van der Waals surface area contributed by atoms with Crippen LogP contribution < -0.4 is 5.73 Å². The lowest BCUT2D eigenvalue weighted by molar-refractivity contribution is 0.307. The Balaban J connectivity index is 2.11. The van der Waals surface area contributed by atoms with Crippen LogP contribution in [0.25, 0.3) is 0 Å². The average molecular weight is 237 g/mol. The van der Waals surface area contributed by atoms with Gasteiger partial charge in [0, 0.05) is 6.92 Å². The molecule has 0 saturated heterocycles. The SMILES string of the molecule is Cc1nc(C2(N)CCCC(C(C)C)CC2)no1. The Morgan fingerprint density at radius 3 is 2.71 bits per heavy atom. The van der Waals surface area contributed by atoms with Crippen LogP contribution in [0, 0.1) is 18.8 Å². The first-order valence-corrected chi connectivity index (χ1v) is 6.61. The number of rotatable bonds is 2. The fourth-order valence-electron chi connectivity index (χ4n) is 2.78. The van der Waals surface area contributed by atoms with Crippen LogP contribution in [-0.2, 0) is 5.54 Å². The standard InChI is InChI=1S/C13H23N3O/c1-9(2)11-5-4-7-13(14,8-6-11)12-15-10(3)17-16-12/h9,11H,4-8,14H2,1-3H3. The van der Waals surface area contributed by atoms with Gasteiger partial charge in [0.2, 0.25) is 5.89 Å². The van der Waals surface area contributed by atoms with Gasteiger partial charge in [0.25, 0.3) is 0 Å². The average Bonchev–Trinajstić information content (AvgIpc) is 2.59. The quantitative estimate of drug-likeness (QED) is 0.803. The largest absolute Gasteiger partial charge is 0.340 e. The Morgan fingerprint density at radius 2 is 2.12 bits per heavy atom. The van der Waals surface area contributed by atoms with Crippen LogP contribution in [0.3, 0.4) is 0 Å². The lowest BCUT2D eigenvalue weighted by atomic mass is 9.87. The molecule has 17 heavy (non-hydrogen) atoms. The lowest BCUT2D eigenvalue weighted by Crippen LogP contribution is -2.37. The molecule has 1 saturated carbocycles. The Morgan fingerprint density at radius 1 is 1.35 bits per heavy atom. The third-order valence-electron chi connectivity index (χ3n) is 4.07. The molecule has 0 radical (unpaired) electrons. The number of hydrogen-bond donors (Lipinski definition) is 1. The summed E-state index contributed by atoms with van der Waals surface area (Å²) in [5.74, 6) is 2.83. The summed E-state index contributed by atoms with van der Waals surface area (Å²) in [5, 5.41) is 4.01. The molecule has 96 valence electrons. The number of hydrogen-bond acceptors (Lipinski definition) is 4. The van der Waals surface area contributed by atoms with Crippen molar-refractivity contribution in [3.05, 3.63) is 11.7 Å². The molecule has 2 N–H and O–H groups in total. The van der Waals surface area contributed by atoms with Crippen LogP contribution in [0.5, 0.6) is 0 Å². The van der Waals surface area contributed by atoms with Crippen LogP contribution in [0.15, 0.2) is 4.52 Å². The predicted octanol–water partition coefficient (Wildman–Crippen LogP) is 2.77. The molecule has 0 aromatic carbocycles. The van der Waals surface area contributed by atoms with Crippen molar-refractivity contribution >= 4 is 0 Å². The van der Waals surface area contributed by atoms with E-state index in [2.05, 4.69) is 24.0 Å². The molecular formula is C13H23N3O. The van der Waals surface area contributed by atoms with Gasteiger partial charge in [0.15, 0.2) is 5.82 Å². The fourth-order valence-corrected chi connectivity index (χ4v) is 2.78. The maximum Gasteiger partial charge on any atom is 0.223 e. The first kappa shape index (κ1) is 12.6. The van der Waals surface area contributed by atoms with E-state index < -0.39 is 0 Å². The van der Waals surface area contributed by atoms with Crippen molar-refractivity contribution in [2.75, 3.05) is 0 Å². The molecule has 4 nitrogen and oxygen atoms in total. The predicted molar refractivity (Wildman–Crippen MR) is 66.3 cm³/mol. The molecule has 0 aliphatic heterocycles. The summed E-state index contributed by atoms with van der Waals surface area (Å²) in [6, 6.07) is 0. The second-order valence-electron chi connectivity index (χ2n) is 5.73. The molecule has 0 amide bonds. The molecular weight excluding hydrogens is 214 g/mol. The minimum absolute atomic E-state index is 0.374. The summed E-state index contributed by atoms with van der Waals surface area (Å²) in [7, 11) is 0. The summed E-state index contributed by atoms with van der Waals surface area (Å²) >= 11 is 0. The minimum Gasteiger partial charge on any atom is -0.340 e. The normalized spacial score (nSPS) is 30.5. The van der Waals surface area contributed by atoms with Gasteiger partial charge in [-0.15, -0.1) is 0 Å². The number of aromatic nitrogens is 2. The number of nitrogens with zero attached hydrogens (tertiary/aromatic N) is 2. The summed E-state index contributed by atoms with van der Waals surface area (Å²) < 4.78 is 5.06. The first-order valence-electron chi connectivity index (χ1n) is 6.61. The molecule has 0 bridgehead atoms. The van der Waals surface area contributed by atoms with Crippen LogP contribution in [0.2, 0.25) is 0 Å². The first-order chi connectivity index (χ1) is 8.01. The number of aryl methyl sites for hydroxylation is 1. The van der Waals surface area contributed by atoms with Crippen molar-refractivity contribution in [3.8, 4) is 0 Å². The highest BCUT2D eigenvalue weighted by molar-refractivity contribution is 5.04. The Bertz CT molecular complexity index is 374. The summed E-state index contributed by atoms with van der Waals surface area (Å²) in [6.07, 6.45) is 5.53. The van der Waals surface area contributed by atoms with Crippen molar-refractivity contribution in [3.63, 3.8) is 0 Å². The molecule has 1 heterocycles. The van der Waals surface area contributed by atoms with Gasteiger partial charge in [-0.1, -0.05) is 31.8 Å². The second-order valence-corrected chi connectivity index (χ2v) is 5.73. The molecule has 1 aliphatic carbocycles. The van der Waals surface area contributed by atoms with E-state index in [1.54, 1.807) is 0 Å². The van der Waals surface area contributed by atoms with E-state index in [9.17, 15) is 0 Å². The summed E-state index contributed by atoms with van der Waals surface area (Å²) in [6.45, 7) is 6.41. The maximum atomic E-state index is 6.47. The van der Waals surface area contributed by atoms with Crippen molar-refractivity contribution in [2.24, 2.45) is 17.6 Å². The lowest BCUT2D eigenvalue weighted by Gasteiger charge is -2.24. The number of nitrogens with two attached hydrogens (primary N) is 1.